The van der Waals surface area contributed by atoms with Crippen LogP contribution in [0.15, 0.2) is 24.3 Å². The summed E-state index contributed by atoms with van der Waals surface area (Å²) in [6.07, 6.45) is 6.55. The van der Waals surface area contributed by atoms with Crippen LogP contribution in [0.5, 0.6) is 0 Å². The maximum absolute atomic E-state index is 3.75. The van der Waals surface area contributed by atoms with Crippen molar-refractivity contribution in [3.05, 3.63) is 35.4 Å². The molecule has 82 valence electrons. The fraction of sp³-hybridized carbons (Fsp3) is 0.571. The first-order valence-corrected chi connectivity index (χ1v) is 6.94. The van der Waals surface area contributed by atoms with Crippen LogP contribution in [0.25, 0.3) is 0 Å². The van der Waals surface area contributed by atoms with Gasteiger partial charge in [0.25, 0.3) is 0 Å². The van der Waals surface area contributed by atoms with Gasteiger partial charge in [-0.3, -0.25) is 0 Å². The Morgan fingerprint density at radius 3 is 2.53 bits per heavy atom. The lowest BCUT2D eigenvalue weighted by Gasteiger charge is -2.26. The van der Waals surface area contributed by atoms with E-state index in [1.54, 1.807) is 0 Å². The molecule has 1 aromatic rings. The predicted octanol–water partition coefficient (Wildman–Crippen LogP) is 4.67. The van der Waals surface area contributed by atoms with Gasteiger partial charge in [-0.05, 0) is 42.7 Å². The van der Waals surface area contributed by atoms with E-state index in [0.29, 0.717) is 0 Å². The van der Waals surface area contributed by atoms with E-state index in [1.807, 2.05) is 0 Å². The van der Waals surface area contributed by atoms with Crippen molar-refractivity contribution in [1.82, 2.24) is 0 Å². The number of halogens is 1. The molecule has 0 amide bonds. The fourth-order valence-electron chi connectivity index (χ4n) is 2.46. The molecule has 15 heavy (non-hydrogen) atoms. The number of rotatable bonds is 2. The van der Waals surface area contributed by atoms with Gasteiger partial charge in [-0.15, -0.1) is 0 Å². The molecule has 2 atom stereocenters. The van der Waals surface area contributed by atoms with Crippen molar-refractivity contribution in [2.75, 3.05) is 0 Å². The molecule has 0 aliphatic heterocycles. The average Bonchev–Trinajstić information content (AvgIpc) is 2.29. The first-order chi connectivity index (χ1) is 7.29. The van der Waals surface area contributed by atoms with Gasteiger partial charge in [0.1, 0.15) is 0 Å². The largest absolute Gasteiger partial charge is 0.0890 e. The first kappa shape index (κ1) is 11.2. The molecule has 1 saturated carbocycles. The summed E-state index contributed by atoms with van der Waals surface area (Å²) in [6.45, 7) is 2.21. The summed E-state index contributed by atoms with van der Waals surface area (Å²) in [7, 11) is 0. The SMILES string of the molecule is CCc1ccc(C2CCCC(Br)C2)cc1. The number of benzene rings is 1. The standard InChI is InChI=1S/C14H19Br/c1-2-11-6-8-12(9-7-11)13-4-3-5-14(15)10-13/h6-9,13-14H,2-5,10H2,1H3. The van der Waals surface area contributed by atoms with E-state index in [2.05, 4.69) is 47.1 Å². The van der Waals surface area contributed by atoms with E-state index >= 15 is 0 Å². The third-order valence-electron chi connectivity index (χ3n) is 3.47. The van der Waals surface area contributed by atoms with Crippen LogP contribution >= 0.6 is 15.9 Å². The van der Waals surface area contributed by atoms with Gasteiger partial charge in [0.2, 0.25) is 0 Å². The normalized spacial score (nSPS) is 26.5. The second kappa shape index (κ2) is 5.16. The lowest BCUT2D eigenvalue weighted by molar-refractivity contribution is 0.458. The molecular formula is C14H19Br. The second-order valence-electron chi connectivity index (χ2n) is 4.56. The first-order valence-electron chi connectivity index (χ1n) is 6.02. The van der Waals surface area contributed by atoms with Gasteiger partial charge >= 0.3 is 0 Å². The Balaban J connectivity index is 2.07. The third kappa shape index (κ3) is 2.84. The van der Waals surface area contributed by atoms with E-state index in [4.69, 9.17) is 0 Å². The molecule has 0 radical (unpaired) electrons. The Morgan fingerprint density at radius 2 is 1.93 bits per heavy atom. The van der Waals surface area contributed by atoms with Crippen molar-refractivity contribution < 1.29 is 0 Å². The summed E-state index contributed by atoms with van der Waals surface area (Å²) in [5.41, 5.74) is 2.99. The molecule has 0 nitrogen and oxygen atoms in total. The van der Waals surface area contributed by atoms with Crippen LogP contribution in [0.1, 0.15) is 49.7 Å². The molecule has 2 rings (SSSR count). The minimum atomic E-state index is 0.738. The summed E-state index contributed by atoms with van der Waals surface area (Å²) in [4.78, 5) is 0.738. The van der Waals surface area contributed by atoms with Crippen LogP contribution in [-0.4, -0.2) is 4.83 Å². The zero-order valence-electron chi connectivity index (χ0n) is 9.38. The molecule has 1 fully saturated rings. The highest BCUT2D eigenvalue weighted by Gasteiger charge is 2.20. The highest BCUT2D eigenvalue weighted by atomic mass is 79.9. The quantitative estimate of drug-likeness (QED) is 0.683. The Labute approximate surface area is 101 Å². The molecule has 2 unspecified atom stereocenters. The maximum atomic E-state index is 3.75. The van der Waals surface area contributed by atoms with E-state index in [-0.39, 0.29) is 0 Å². The summed E-state index contributed by atoms with van der Waals surface area (Å²) in [5.74, 6) is 0.786. The molecule has 1 heteroatoms. The van der Waals surface area contributed by atoms with E-state index in [9.17, 15) is 0 Å². The van der Waals surface area contributed by atoms with Gasteiger partial charge in [-0.1, -0.05) is 53.5 Å². The van der Waals surface area contributed by atoms with Crippen molar-refractivity contribution in [2.24, 2.45) is 0 Å². The number of alkyl halides is 1. The highest BCUT2D eigenvalue weighted by molar-refractivity contribution is 9.09. The Hall–Kier alpha value is -0.300. The van der Waals surface area contributed by atoms with Crippen molar-refractivity contribution in [2.45, 2.75) is 49.8 Å². The van der Waals surface area contributed by atoms with Crippen LogP contribution in [0.3, 0.4) is 0 Å². The molecule has 0 heterocycles. The topological polar surface area (TPSA) is 0 Å². The van der Waals surface area contributed by atoms with Gasteiger partial charge < -0.3 is 0 Å². The second-order valence-corrected chi connectivity index (χ2v) is 5.85. The number of hydrogen-bond acceptors (Lipinski definition) is 0. The van der Waals surface area contributed by atoms with Crippen LogP contribution in [-0.2, 0) is 6.42 Å². The predicted molar refractivity (Wildman–Crippen MR) is 69.7 cm³/mol. The number of hydrogen-bond donors (Lipinski definition) is 0. The summed E-state index contributed by atoms with van der Waals surface area (Å²) in [6, 6.07) is 9.23. The third-order valence-corrected chi connectivity index (χ3v) is 4.30. The monoisotopic (exact) mass is 266 g/mol. The lowest BCUT2D eigenvalue weighted by atomic mass is 9.84. The van der Waals surface area contributed by atoms with Crippen molar-refractivity contribution in [3.8, 4) is 0 Å². The van der Waals surface area contributed by atoms with Gasteiger partial charge in [-0.25, -0.2) is 0 Å². The lowest BCUT2D eigenvalue weighted by Crippen LogP contribution is -2.13. The average molecular weight is 267 g/mol. The van der Waals surface area contributed by atoms with Crippen molar-refractivity contribution >= 4 is 15.9 Å². The van der Waals surface area contributed by atoms with Gasteiger partial charge in [0.15, 0.2) is 0 Å². The Kier molecular flexibility index (Phi) is 3.85. The maximum Gasteiger partial charge on any atom is 0.0151 e. The summed E-state index contributed by atoms with van der Waals surface area (Å²) >= 11 is 3.75. The Bertz CT molecular complexity index is 302. The zero-order valence-corrected chi connectivity index (χ0v) is 11.0. The molecule has 0 bridgehead atoms. The highest BCUT2D eigenvalue weighted by Crippen LogP contribution is 2.35. The van der Waals surface area contributed by atoms with E-state index < -0.39 is 0 Å². The minimum absolute atomic E-state index is 0.738. The fourth-order valence-corrected chi connectivity index (χ4v) is 3.23. The molecular weight excluding hydrogens is 248 g/mol. The van der Waals surface area contributed by atoms with Gasteiger partial charge in [0.05, 0.1) is 0 Å². The van der Waals surface area contributed by atoms with Crippen molar-refractivity contribution in [3.63, 3.8) is 0 Å². The molecule has 1 aliphatic rings. The molecule has 0 aromatic heterocycles. The molecule has 1 aromatic carbocycles. The Morgan fingerprint density at radius 1 is 1.20 bits per heavy atom. The molecule has 0 spiro atoms. The number of aryl methyl sites for hydroxylation is 1. The van der Waals surface area contributed by atoms with Gasteiger partial charge in [-0.2, -0.15) is 0 Å². The van der Waals surface area contributed by atoms with Crippen molar-refractivity contribution in [1.29, 1.82) is 0 Å². The summed E-state index contributed by atoms with van der Waals surface area (Å²) < 4.78 is 0. The van der Waals surface area contributed by atoms with Crippen LogP contribution in [0.4, 0.5) is 0 Å². The molecule has 0 saturated heterocycles. The van der Waals surface area contributed by atoms with Crippen LogP contribution < -0.4 is 0 Å². The molecule has 1 aliphatic carbocycles. The summed E-state index contributed by atoms with van der Waals surface area (Å²) in [5, 5.41) is 0. The zero-order chi connectivity index (χ0) is 10.7. The van der Waals surface area contributed by atoms with Crippen LogP contribution in [0.2, 0.25) is 0 Å². The van der Waals surface area contributed by atoms with E-state index in [1.165, 1.54) is 36.8 Å². The van der Waals surface area contributed by atoms with E-state index in [0.717, 1.165) is 17.2 Å². The van der Waals surface area contributed by atoms with Gasteiger partial charge in [0, 0.05) is 4.83 Å². The smallest absolute Gasteiger partial charge is 0.0151 e. The molecule has 0 N–H and O–H groups in total. The minimum Gasteiger partial charge on any atom is -0.0890 e. The van der Waals surface area contributed by atoms with Crippen LogP contribution in [0, 0.1) is 0 Å².